The minimum atomic E-state index is 0.304. The number of benzene rings is 1. The molecule has 0 bridgehead atoms. The van der Waals surface area contributed by atoms with Crippen LogP contribution in [0.15, 0.2) is 29.3 Å². The van der Waals surface area contributed by atoms with Crippen molar-refractivity contribution in [3.63, 3.8) is 0 Å². The molecular weight excluding hydrogens is 332 g/mol. The Hall–Kier alpha value is -1.04. The maximum absolute atomic E-state index is 5.44. The molecule has 1 aromatic carbocycles. The third kappa shape index (κ3) is 3.78. The Balaban J connectivity index is 2.36. The third-order valence-electron chi connectivity index (χ3n) is 3.84. The highest BCUT2D eigenvalue weighted by Gasteiger charge is 2.24. The largest absolute Gasteiger partial charge is 0.493 e. The Labute approximate surface area is 135 Å². The van der Waals surface area contributed by atoms with Crippen molar-refractivity contribution in [1.29, 1.82) is 0 Å². The van der Waals surface area contributed by atoms with Crippen LogP contribution in [0.5, 0.6) is 11.5 Å². The van der Waals surface area contributed by atoms with Gasteiger partial charge >= 0.3 is 0 Å². The van der Waals surface area contributed by atoms with Gasteiger partial charge in [-0.25, -0.2) is 0 Å². The number of nitrogens with zero attached hydrogens (tertiary/aromatic N) is 1. The first-order valence-electron chi connectivity index (χ1n) is 7.18. The van der Waals surface area contributed by atoms with Gasteiger partial charge in [0.1, 0.15) is 0 Å². The highest BCUT2D eigenvalue weighted by Crippen LogP contribution is 2.39. The first kappa shape index (κ1) is 16.3. The van der Waals surface area contributed by atoms with E-state index in [2.05, 4.69) is 38.8 Å². The third-order valence-corrected chi connectivity index (χ3v) is 4.53. The van der Waals surface area contributed by atoms with Crippen LogP contribution in [-0.2, 0) is 0 Å². The van der Waals surface area contributed by atoms with Gasteiger partial charge in [0.2, 0.25) is 0 Å². The number of halogens is 1. The van der Waals surface area contributed by atoms with Gasteiger partial charge in [0, 0.05) is 36.7 Å². The fourth-order valence-corrected chi connectivity index (χ4v) is 3.34. The number of ether oxygens (including phenoxy) is 2. The minimum Gasteiger partial charge on any atom is -0.493 e. The summed E-state index contributed by atoms with van der Waals surface area (Å²) in [6, 6.07) is 4.35. The highest BCUT2D eigenvalue weighted by molar-refractivity contribution is 9.10. The number of piperazine rings is 1. The van der Waals surface area contributed by atoms with Gasteiger partial charge in [-0.1, -0.05) is 22.0 Å². The quantitative estimate of drug-likeness (QED) is 0.796. The van der Waals surface area contributed by atoms with E-state index < -0.39 is 0 Å². The lowest BCUT2D eigenvalue weighted by Crippen LogP contribution is -2.45. The van der Waals surface area contributed by atoms with E-state index in [9.17, 15) is 0 Å². The Morgan fingerprint density at radius 3 is 2.48 bits per heavy atom. The molecule has 1 atom stereocenters. The van der Waals surface area contributed by atoms with Gasteiger partial charge in [0.15, 0.2) is 11.5 Å². The SMILES string of the molecule is C=CC[C@@H](c1cc(OC)c(OC)cc1Br)N1CCNCC1. The van der Waals surface area contributed by atoms with Crippen LogP contribution in [0.4, 0.5) is 0 Å². The number of methoxy groups -OCH3 is 2. The molecule has 0 saturated carbocycles. The van der Waals surface area contributed by atoms with Gasteiger partial charge in [-0.3, -0.25) is 4.90 Å². The van der Waals surface area contributed by atoms with E-state index in [-0.39, 0.29) is 0 Å². The average molecular weight is 355 g/mol. The van der Waals surface area contributed by atoms with Crippen molar-refractivity contribution in [3.8, 4) is 11.5 Å². The molecule has 0 aromatic heterocycles. The molecule has 4 nitrogen and oxygen atoms in total. The van der Waals surface area contributed by atoms with Crippen molar-refractivity contribution < 1.29 is 9.47 Å². The molecule has 0 spiro atoms. The van der Waals surface area contributed by atoms with E-state index in [0.717, 1.165) is 48.6 Å². The number of hydrogen-bond donors (Lipinski definition) is 1. The molecule has 1 aliphatic rings. The van der Waals surface area contributed by atoms with E-state index in [1.807, 2.05) is 12.1 Å². The van der Waals surface area contributed by atoms with Crippen molar-refractivity contribution >= 4 is 15.9 Å². The molecule has 1 fully saturated rings. The molecule has 1 aromatic rings. The zero-order chi connectivity index (χ0) is 15.2. The summed E-state index contributed by atoms with van der Waals surface area (Å²) < 4.78 is 11.9. The van der Waals surface area contributed by atoms with Crippen LogP contribution in [0.2, 0.25) is 0 Å². The van der Waals surface area contributed by atoms with Crippen LogP contribution >= 0.6 is 15.9 Å². The lowest BCUT2D eigenvalue weighted by molar-refractivity contribution is 0.173. The Bertz CT molecular complexity index is 487. The molecule has 21 heavy (non-hydrogen) atoms. The van der Waals surface area contributed by atoms with Gasteiger partial charge in [-0.15, -0.1) is 6.58 Å². The predicted octanol–water partition coefficient (Wildman–Crippen LogP) is 2.99. The number of hydrogen-bond acceptors (Lipinski definition) is 4. The summed E-state index contributed by atoms with van der Waals surface area (Å²) in [6.45, 7) is 8.05. The second-order valence-electron chi connectivity index (χ2n) is 5.05. The van der Waals surface area contributed by atoms with E-state index >= 15 is 0 Å². The van der Waals surface area contributed by atoms with E-state index in [0.29, 0.717) is 6.04 Å². The smallest absolute Gasteiger partial charge is 0.161 e. The highest BCUT2D eigenvalue weighted by atomic mass is 79.9. The summed E-state index contributed by atoms with van der Waals surface area (Å²) in [5.74, 6) is 1.51. The molecule has 116 valence electrons. The summed E-state index contributed by atoms with van der Waals surface area (Å²) in [5, 5.41) is 3.39. The fraction of sp³-hybridized carbons (Fsp3) is 0.500. The first-order valence-corrected chi connectivity index (χ1v) is 7.97. The van der Waals surface area contributed by atoms with Crippen molar-refractivity contribution in [2.75, 3.05) is 40.4 Å². The van der Waals surface area contributed by atoms with Gasteiger partial charge in [0.05, 0.1) is 14.2 Å². The van der Waals surface area contributed by atoms with Crippen molar-refractivity contribution in [2.24, 2.45) is 0 Å². The molecule has 1 heterocycles. The summed E-state index contributed by atoms with van der Waals surface area (Å²) in [5.41, 5.74) is 1.22. The molecular formula is C16H23BrN2O2. The maximum atomic E-state index is 5.44. The molecule has 5 heteroatoms. The van der Waals surface area contributed by atoms with Crippen LogP contribution in [0.1, 0.15) is 18.0 Å². The van der Waals surface area contributed by atoms with Crippen LogP contribution in [0.3, 0.4) is 0 Å². The Morgan fingerprint density at radius 2 is 1.90 bits per heavy atom. The zero-order valence-electron chi connectivity index (χ0n) is 12.7. The van der Waals surface area contributed by atoms with Crippen LogP contribution in [-0.4, -0.2) is 45.3 Å². The number of nitrogens with one attached hydrogen (secondary N) is 1. The Kier molecular flexibility index (Phi) is 6.08. The standard InChI is InChI=1S/C16H23BrN2O2/c1-4-5-14(19-8-6-18-7-9-19)12-10-15(20-2)16(21-3)11-13(12)17/h4,10-11,14,18H,1,5-9H2,2-3H3/t14-/m0/s1. The molecule has 0 amide bonds. The summed E-state index contributed by atoms with van der Waals surface area (Å²) in [4.78, 5) is 2.49. The van der Waals surface area contributed by atoms with Gasteiger partial charge in [-0.05, 0) is 24.1 Å². The Morgan fingerprint density at radius 1 is 1.29 bits per heavy atom. The average Bonchev–Trinajstić information content (AvgIpc) is 2.53. The van der Waals surface area contributed by atoms with Crippen molar-refractivity contribution in [1.82, 2.24) is 10.2 Å². The minimum absolute atomic E-state index is 0.304. The number of rotatable bonds is 6. The van der Waals surface area contributed by atoms with Gasteiger partial charge in [-0.2, -0.15) is 0 Å². The van der Waals surface area contributed by atoms with Gasteiger partial charge in [0.25, 0.3) is 0 Å². The second kappa shape index (κ2) is 7.82. The van der Waals surface area contributed by atoms with Crippen LogP contribution in [0, 0.1) is 0 Å². The normalized spacial score (nSPS) is 17.3. The molecule has 1 saturated heterocycles. The molecule has 0 aliphatic carbocycles. The van der Waals surface area contributed by atoms with Crippen LogP contribution < -0.4 is 14.8 Å². The summed E-state index contributed by atoms with van der Waals surface area (Å²) in [7, 11) is 3.32. The van der Waals surface area contributed by atoms with E-state index in [1.54, 1.807) is 14.2 Å². The summed E-state index contributed by atoms with van der Waals surface area (Å²) >= 11 is 3.68. The molecule has 0 unspecified atom stereocenters. The molecule has 1 N–H and O–H groups in total. The van der Waals surface area contributed by atoms with Crippen LogP contribution in [0.25, 0.3) is 0 Å². The van der Waals surface area contributed by atoms with E-state index in [1.165, 1.54) is 5.56 Å². The first-order chi connectivity index (χ1) is 10.2. The molecule has 0 radical (unpaired) electrons. The lowest BCUT2D eigenvalue weighted by Gasteiger charge is -2.35. The summed E-state index contributed by atoms with van der Waals surface area (Å²) in [6.07, 6.45) is 2.89. The maximum Gasteiger partial charge on any atom is 0.161 e. The van der Waals surface area contributed by atoms with Crippen molar-refractivity contribution in [3.05, 3.63) is 34.8 Å². The fourth-order valence-electron chi connectivity index (χ4n) is 2.75. The second-order valence-corrected chi connectivity index (χ2v) is 5.91. The zero-order valence-corrected chi connectivity index (χ0v) is 14.3. The topological polar surface area (TPSA) is 33.7 Å². The molecule has 2 rings (SSSR count). The van der Waals surface area contributed by atoms with Crippen molar-refractivity contribution in [2.45, 2.75) is 12.5 Å². The van der Waals surface area contributed by atoms with E-state index in [4.69, 9.17) is 9.47 Å². The predicted molar refractivity (Wildman–Crippen MR) is 89.2 cm³/mol. The molecule has 1 aliphatic heterocycles. The van der Waals surface area contributed by atoms with Gasteiger partial charge < -0.3 is 14.8 Å². The monoisotopic (exact) mass is 354 g/mol. The lowest BCUT2D eigenvalue weighted by atomic mass is 10.0.